The van der Waals surface area contributed by atoms with Crippen LogP contribution in [0, 0.1) is 0 Å². The van der Waals surface area contributed by atoms with Gasteiger partial charge in [-0.05, 0) is 55.9 Å². The van der Waals surface area contributed by atoms with E-state index in [-0.39, 0.29) is 18.1 Å². The molecule has 2 heterocycles. The highest BCUT2D eigenvalue weighted by Crippen LogP contribution is 2.18. The van der Waals surface area contributed by atoms with Crippen LogP contribution < -0.4 is 5.32 Å². The van der Waals surface area contributed by atoms with Crippen molar-refractivity contribution >= 4 is 17.7 Å². The molecular formula is C19H28N2O2S. The number of amides is 1. The van der Waals surface area contributed by atoms with Crippen LogP contribution in [0.5, 0.6) is 0 Å². The second-order valence-electron chi connectivity index (χ2n) is 6.93. The molecule has 132 valence electrons. The second-order valence-corrected chi connectivity index (χ2v) is 8.16. The Kier molecular flexibility index (Phi) is 6.19. The van der Waals surface area contributed by atoms with E-state index in [2.05, 4.69) is 17.4 Å². The molecule has 0 aromatic heterocycles. The molecule has 3 rings (SSSR count). The molecule has 0 bridgehead atoms. The van der Waals surface area contributed by atoms with Gasteiger partial charge in [0.25, 0.3) is 5.91 Å². The van der Waals surface area contributed by atoms with Crippen LogP contribution in [0.2, 0.25) is 0 Å². The molecule has 0 radical (unpaired) electrons. The van der Waals surface area contributed by atoms with Crippen molar-refractivity contribution in [2.75, 3.05) is 24.6 Å². The number of morpholine rings is 1. The number of nitrogens with zero attached hydrogens (tertiary/aromatic N) is 1. The molecule has 0 aliphatic carbocycles. The lowest BCUT2D eigenvalue weighted by molar-refractivity contribution is -0.0586. The van der Waals surface area contributed by atoms with E-state index >= 15 is 0 Å². The summed E-state index contributed by atoms with van der Waals surface area (Å²) in [5, 5.41) is 3.64. The maximum Gasteiger partial charge on any atom is 0.254 e. The van der Waals surface area contributed by atoms with Crippen LogP contribution in [-0.2, 0) is 11.3 Å². The van der Waals surface area contributed by atoms with E-state index in [9.17, 15) is 4.79 Å². The Morgan fingerprint density at radius 3 is 2.42 bits per heavy atom. The Morgan fingerprint density at radius 1 is 1.17 bits per heavy atom. The number of carbonyl (C=O) groups is 1. The lowest BCUT2D eigenvalue weighted by Gasteiger charge is -2.35. The van der Waals surface area contributed by atoms with Crippen molar-refractivity contribution in [1.29, 1.82) is 0 Å². The molecule has 4 nitrogen and oxygen atoms in total. The number of nitrogens with one attached hydrogen (secondary N) is 1. The first-order valence-corrected chi connectivity index (χ1v) is 10.1. The van der Waals surface area contributed by atoms with Crippen LogP contribution in [0.4, 0.5) is 0 Å². The minimum Gasteiger partial charge on any atom is -0.372 e. The van der Waals surface area contributed by atoms with Gasteiger partial charge in [-0.25, -0.2) is 0 Å². The fourth-order valence-corrected chi connectivity index (χ4v) is 4.56. The lowest BCUT2D eigenvalue weighted by Crippen LogP contribution is -2.48. The van der Waals surface area contributed by atoms with E-state index in [1.165, 1.54) is 29.9 Å². The van der Waals surface area contributed by atoms with Gasteiger partial charge in [-0.15, -0.1) is 0 Å². The Labute approximate surface area is 149 Å². The highest BCUT2D eigenvalue weighted by atomic mass is 32.2. The van der Waals surface area contributed by atoms with Gasteiger partial charge in [-0.1, -0.05) is 12.1 Å². The van der Waals surface area contributed by atoms with Crippen molar-refractivity contribution in [2.24, 2.45) is 0 Å². The Morgan fingerprint density at radius 2 is 1.79 bits per heavy atom. The molecule has 5 heteroatoms. The molecule has 1 aromatic carbocycles. The second kappa shape index (κ2) is 8.37. The Hall–Kier alpha value is -1.04. The number of carbonyl (C=O) groups excluding carboxylic acids is 1. The summed E-state index contributed by atoms with van der Waals surface area (Å²) in [6, 6.07) is 8.71. The maximum absolute atomic E-state index is 12.7. The number of ether oxygens (including phenoxy) is 1. The maximum atomic E-state index is 12.7. The number of thioether (sulfide) groups is 1. The van der Waals surface area contributed by atoms with E-state index in [4.69, 9.17) is 4.74 Å². The molecule has 0 saturated carbocycles. The summed E-state index contributed by atoms with van der Waals surface area (Å²) in [6.45, 7) is 6.27. The zero-order chi connectivity index (χ0) is 16.9. The molecule has 1 aromatic rings. The molecule has 24 heavy (non-hydrogen) atoms. The highest BCUT2D eigenvalue weighted by molar-refractivity contribution is 7.99. The average Bonchev–Trinajstić information content (AvgIpc) is 2.60. The number of rotatable bonds is 4. The van der Waals surface area contributed by atoms with Gasteiger partial charge in [0.15, 0.2) is 0 Å². The van der Waals surface area contributed by atoms with Gasteiger partial charge in [0, 0.05) is 31.2 Å². The molecule has 2 aliphatic heterocycles. The summed E-state index contributed by atoms with van der Waals surface area (Å²) in [5.41, 5.74) is 2.02. The first-order valence-electron chi connectivity index (χ1n) is 8.96. The molecule has 2 atom stereocenters. The predicted molar refractivity (Wildman–Crippen MR) is 99.5 cm³/mol. The van der Waals surface area contributed by atoms with Gasteiger partial charge in [0.2, 0.25) is 0 Å². The zero-order valence-corrected chi connectivity index (χ0v) is 15.5. The van der Waals surface area contributed by atoms with Crippen molar-refractivity contribution in [1.82, 2.24) is 10.2 Å². The summed E-state index contributed by atoms with van der Waals surface area (Å²) in [7, 11) is 0. The summed E-state index contributed by atoms with van der Waals surface area (Å²) in [5.74, 6) is 2.64. The monoisotopic (exact) mass is 348 g/mol. The molecule has 1 N–H and O–H groups in total. The summed E-state index contributed by atoms with van der Waals surface area (Å²) in [6.07, 6.45) is 2.73. The fraction of sp³-hybridized carbons (Fsp3) is 0.632. The summed E-state index contributed by atoms with van der Waals surface area (Å²) in [4.78, 5) is 14.6. The first-order chi connectivity index (χ1) is 11.6. The third-order valence-corrected chi connectivity index (χ3v) is 5.77. The normalized spacial score (nSPS) is 25.7. The standard InChI is InChI=1S/C19H28N2O2S/c1-14-12-21(13-15(2)23-14)19(22)17-5-3-16(4-6-17)11-20-18-7-9-24-10-8-18/h3-6,14-15,18,20H,7-13H2,1-2H3. The van der Waals surface area contributed by atoms with Crippen molar-refractivity contribution in [3.8, 4) is 0 Å². The Balaban J connectivity index is 1.54. The number of benzene rings is 1. The Bertz CT molecular complexity index is 533. The van der Waals surface area contributed by atoms with Crippen molar-refractivity contribution in [3.63, 3.8) is 0 Å². The third kappa shape index (κ3) is 4.74. The fourth-order valence-electron chi connectivity index (χ4n) is 3.46. The van der Waals surface area contributed by atoms with Crippen LogP contribution in [0.15, 0.2) is 24.3 Å². The number of hydrogen-bond donors (Lipinski definition) is 1. The van der Waals surface area contributed by atoms with E-state index in [1.54, 1.807) is 0 Å². The van der Waals surface area contributed by atoms with Crippen LogP contribution in [0.1, 0.15) is 42.6 Å². The topological polar surface area (TPSA) is 41.6 Å². The SMILES string of the molecule is CC1CN(C(=O)c2ccc(CNC3CCSCC3)cc2)CC(C)O1. The van der Waals surface area contributed by atoms with Gasteiger partial charge in [-0.2, -0.15) is 11.8 Å². The first kappa shape index (κ1) is 17.8. The minimum absolute atomic E-state index is 0.106. The lowest BCUT2D eigenvalue weighted by atomic mass is 10.1. The molecule has 2 fully saturated rings. The van der Waals surface area contributed by atoms with Gasteiger partial charge < -0.3 is 15.0 Å². The third-order valence-electron chi connectivity index (χ3n) is 4.72. The molecule has 2 unspecified atom stereocenters. The number of hydrogen-bond acceptors (Lipinski definition) is 4. The predicted octanol–water partition coefficient (Wildman–Crippen LogP) is 2.92. The highest BCUT2D eigenvalue weighted by Gasteiger charge is 2.26. The van der Waals surface area contributed by atoms with Crippen LogP contribution >= 0.6 is 11.8 Å². The van der Waals surface area contributed by atoms with Crippen molar-refractivity contribution in [2.45, 2.75) is 51.5 Å². The van der Waals surface area contributed by atoms with Crippen molar-refractivity contribution in [3.05, 3.63) is 35.4 Å². The summed E-state index contributed by atoms with van der Waals surface area (Å²) >= 11 is 2.05. The molecule has 1 amide bonds. The van der Waals surface area contributed by atoms with E-state index < -0.39 is 0 Å². The van der Waals surface area contributed by atoms with Gasteiger partial charge in [0.1, 0.15) is 0 Å². The molecule has 2 aliphatic rings. The molecule has 2 saturated heterocycles. The van der Waals surface area contributed by atoms with Gasteiger partial charge in [0.05, 0.1) is 12.2 Å². The van der Waals surface area contributed by atoms with Crippen LogP contribution in [0.25, 0.3) is 0 Å². The molecule has 0 spiro atoms. The smallest absolute Gasteiger partial charge is 0.254 e. The zero-order valence-electron chi connectivity index (χ0n) is 14.7. The van der Waals surface area contributed by atoms with Crippen LogP contribution in [0.3, 0.4) is 0 Å². The average molecular weight is 349 g/mol. The van der Waals surface area contributed by atoms with E-state index in [1.807, 2.05) is 42.6 Å². The molecular weight excluding hydrogens is 320 g/mol. The quantitative estimate of drug-likeness (QED) is 0.908. The van der Waals surface area contributed by atoms with E-state index in [0.29, 0.717) is 19.1 Å². The van der Waals surface area contributed by atoms with Gasteiger partial charge >= 0.3 is 0 Å². The van der Waals surface area contributed by atoms with E-state index in [0.717, 1.165) is 12.1 Å². The largest absolute Gasteiger partial charge is 0.372 e. The van der Waals surface area contributed by atoms with Crippen LogP contribution in [-0.4, -0.2) is 53.7 Å². The summed E-state index contributed by atoms with van der Waals surface area (Å²) < 4.78 is 5.71. The van der Waals surface area contributed by atoms with Gasteiger partial charge in [-0.3, -0.25) is 4.79 Å². The van der Waals surface area contributed by atoms with Crippen molar-refractivity contribution < 1.29 is 9.53 Å². The minimum atomic E-state index is 0.106.